The average Bonchev–Trinajstić information content (AvgIpc) is 2.47. The Morgan fingerprint density at radius 3 is 1.25 bits per heavy atom. The molecule has 0 fully saturated rings. The van der Waals surface area contributed by atoms with Gasteiger partial charge in [-0.3, -0.25) is 0 Å². The van der Waals surface area contributed by atoms with Gasteiger partial charge >= 0.3 is 0 Å². The molecule has 0 saturated carbocycles. The molecule has 0 aliphatic carbocycles. The molecular weight excluding hydrogens is 262 g/mol. The maximum atomic E-state index is 3.22. The molecule has 0 aliphatic heterocycles. The summed E-state index contributed by atoms with van der Waals surface area (Å²) in [4.78, 5) is 0. The molecule has 0 spiro atoms. The van der Waals surface area contributed by atoms with Crippen molar-refractivity contribution in [2.45, 2.75) is 89.9 Å². The molecule has 0 aromatic heterocycles. The molecule has 0 saturated heterocycles. The third-order valence-corrected chi connectivity index (χ3v) is 4.72. The van der Waals surface area contributed by atoms with Crippen molar-refractivity contribution >= 4 is 11.8 Å². The number of hydrogen-bond donors (Lipinski definition) is 1. The number of unbranched alkanes of at least 4 members (excludes halogenated alkanes) is 13. The fourth-order valence-corrected chi connectivity index (χ4v) is 3.16. The molecule has 122 valence electrons. The summed E-state index contributed by atoms with van der Waals surface area (Å²) in [6.07, 6.45) is 22.5. The van der Waals surface area contributed by atoms with E-state index in [0.29, 0.717) is 0 Å². The van der Waals surface area contributed by atoms with Crippen molar-refractivity contribution in [2.24, 2.45) is 0 Å². The topological polar surface area (TPSA) is 12.0 Å². The van der Waals surface area contributed by atoms with E-state index in [1.165, 1.54) is 102 Å². The number of thioether (sulfide) groups is 1. The van der Waals surface area contributed by atoms with Crippen molar-refractivity contribution in [2.75, 3.05) is 25.6 Å². The lowest BCUT2D eigenvalue weighted by Gasteiger charge is -2.03. The minimum absolute atomic E-state index is 1.19. The molecule has 0 atom stereocenters. The molecule has 2 heteroatoms. The molecule has 0 aliphatic rings. The number of hydrogen-bond acceptors (Lipinski definition) is 2. The van der Waals surface area contributed by atoms with Gasteiger partial charge in [0, 0.05) is 0 Å². The van der Waals surface area contributed by atoms with E-state index in [-0.39, 0.29) is 0 Å². The monoisotopic (exact) mass is 301 g/mol. The highest BCUT2D eigenvalue weighted by molar-refractivity contribution is 7.98. The van der Waals surface area contributed by atoms with E-state index < -0.39 is 0 Å². The lowest BCUT2D eigenvalue weighted by molar-refractivity contribution is 0.533. The maximum absolute atomic E-state index is 3.22. The molecular formula is C18H39NS. The van der Waals surface area contributed by atoms with Gasteiger partial charge in [0.2, 0.25) is 0 Å². The molecule has 0 bridgehead atoms. The van der Waals surface area contributed by atoms with Crippen molar-refractivity contribution in [3.05, 3.63) is 0 Å². The molecule has 0 rings (SSSR count). The van der Waals surface area contributed by atoms with Crippen LogP contribution in [0.2, 0.25) is 0 Å². The third-order valence-electron chi connectivity index (χ3n) is 4.03. The quantitative estimate of drug-likeness (QED) is 0.329. The van der Waals surface area contributed by atoms with Gasteiger partial charge in [0.15, 0.2) is 0 Å². The smallest absolute Gasteiger partial charge is 0.00519 e. The van der Waals surface area contributed by atoms with Crippen LogP contribution >= 0.6 is 11.8 Å². The largest absolute Gasteiger partial charge is 0.320 e. The van der Waals surface area contributed by atoms with E-state index in [2.05, 4.69) is 11.6 Å². The Morgan fingerprint density at radius 1 is 0.550 bits per heavy atom. The van der Waals surface area contributed by atoms with Gasteiger partial charge in [-0.1, -0.05) is 77.0 Å². The van der Waals surface area contributed by atoms with Crippen molar-refractivity contribution in [1.82, 2.24) is 5.32 Å². The minimum atomic E-state index is 1.19. The van der Waals surface area contributed by atoms with Crippen molar-refractivity contribution < 1.29 is 0 Å². The molecule has 1 N–H and O–H groups in total. The molecule has 0 unspecified atom stereocenters. The van der Waals surface area contributed by atoms with Gasteiger partial charge < -0.3 is 5.32 Å². The zero-order valence-corrected chi connectivity index (χ0v) is 15.0. The van der Waals surface area contributed by atoms with Crippen LogP contribution in [0.3, 0.4) is 0 Å². The van der Waals surface area contributed by atoms with Gasteiger partial charge in [0.05, 0.1) is 0 Å². The molecule has 1 nitrogen and oxygen atoms in total. The Labute approximate surface area is 133 Å². The van der Waals surface area contributed by atoms with Crippen LogP contribution in [0, 0.1) is 0 Å². The fraction of sp³-hybridized carbons (Fsp3) is 1.00. The highest BCUT2D eigenvalue weighted by Crippen LogP contribution is 2.13. The normalized spacial score (nSPS) is 11.1. The Hall–Kier alpha value is 0.310. The van der Waals surface area contributed by atoms with Crippen LogP contribution in [0.5, 0.6) is 0 Å². The van der Waals surface area contributed by atoms with Crippen molar-refractivity contribution in [3.63, 3.8) is 0 Å². The lowest BCUT2D eigenvalue weighted by atomic mass is 10.0. The van der Waals surface area contributed by atoms with Gasteiger partial charge in [-0.15, -0.1) is 0 Å². The summed E-state index contributed by atoms with van der Waals surface area (Å²) < 4.78 is 0. The van der Waals surface area contributed by atoms with E-state index >= 15 is 0 Å². The highest BCUT2D eigenvalue weighted by atomic mass is 32.2. The summed E-state index contributed by atoms with van der Waals surface area (Å²) in [5, 5.41) is 3.22. The highest BCUT2D eigenvalue weighted by Gasteiger charge is 1.94. The summed E-state index contributed by atoms with van der Waals surface area (Å²) in [6.45, 7) is 1.19. The minimum Gasteiger partial charge on any atom is -0.320 e. The summed E-state index contributed by atoms with van der Waals surface area (Å²) in [7, 11) is 2.05. The first-order valence-electron chi connectivity index (χ1n) is 9.05. The van der Waals surface area contributed by atoms with Crippen LogP contribution in [0.15, 0.2) is 0 Å². The molecule has 0 amide bonds. The second kappa shape index (κ2) is 19.3. The maximum Gasteiger partial charge on any atom is -0.00519 e. The van der Waals surface area contributed by atoms with Gasteiger partial charge in [-0.25, -0.2) is 0 Å². The summed E-state index contributed by atoms with van der Waals surface area (Å²) >= 11 is 1.99. The summed E-state index contributed by atoms with van der Waals surface area (Å²) in [6, 6.07) is 0. The molecule has 20 heavy (non-hydrogen) atoms. The first-order chi connectivity index (χ1) is 9.91. The van der Waals surface area contributed by atoms with Crippen LogP contribution in [0.25, 0.3) is 0 Å². The number of nitrogens with one attached hydrogen (secondary N) is 1. The number of rotatable bonds is 17. The standard InChI is InChI=1S/C18H39NS/c1-19-17-15-13-11-9-7-5-3-4-6-8-10-12-14-16-18-20-2/h19H,3-18H2,1-2H3. The van der Waals surface area contributed by atoms with Gasteiger partial charge in [0.1, 0.15) is 0 Å². The van der Waals surface area contributed by atoms with Gasteiger partial charge in [-0.05, 0) is 38.4 Å². The molecule has 0 aromatic rings. The van der Waals surface area contributed by atoms with E-state index in [1.54, 1.807) is 0 Å². The van der Waals surface area contributed by atoms with Crippen molar-refractivity contribution in [1.29, 1.82) is 0 Å². The summed E-state index contributed by atoms with van der Waals surface area (Å²) in [5.74, 6) is 1.36. The molecule has 0 radical (unpaired) electrons. The van der Waals surface area contributed by atoms with Crippen LogP contribution < -0.4 is 5.32 Å². The predicted octanol–water partition coefficient (Wildman–Crippen LogP) is 6.03. The first kappa shape index (κ1) is 20.3. The molecule has 0 aromatic carbocycles. The van der Waals surface area contributed by atoms with Gasteiger partial charge in [0.25, 0.3) is 0 Å². The Kier molecular flexibility index (Phi) is 19.6. The zero-order chi connectivity index (χ0) is 14.7. The van der Waals surface area contributed by atoms with Crippen LogP contribution in [0.1, 0.15) is 89.9 Å². The lowest BCUT2D eigenvalue weighted by Crippen LogP contribution is -2.06. The Morgan fingerprint density at radius 2 is 0.900 bits per heavy atom. The third kappa shape index (κ3) is 18.3. The Bertz CT molecular complexity index is 143. The second-order valence-electron chi connectivity index (χ2n) is 6.05. The molecule has 0 heterocycles. The van der Waals surface area contributed by atoms with E-state index in [4.69, 9.17) is 0 Å². The first-order valence-corrected chi connectivity index (χ1v) is 10.4. The summed E-state index contributed by atoms with van der Waals surface area (Å²) in [5.41, 5.74) is 0. The van der Waals surface area contributed by atoms with E-state index in [9.17, 15) is 0 Å². The second-order valence-corrected chi connectivity index (χ2v) is 7.03. The average molecular weight is 302 g/mol. The fourth-order valence-electron chi connectivity index (χ4n) is 2.67. The zero-order valence-electron chi connectivity index (χ0n) is 14.2. The predicted molar refractivity (Wildman–Crippen MR) is 96.9 cm³/mol. The van der Waals surface area contributed by atoms with Crippen LogP contribution in [-0.2, 0) is 0 Å². The van der Waals surface area contributed by atoms with Crippen LogP contribution in [0.4, 0.5) is 0 Å². The SMILES string of the molecule is CNCCCCCCCCCCCCCCCCSC. The van der Waals surface area contributed by atoms with E-state index in [1.807, 2.05) is 18.8 Å². The van der Waals surface area contributed by atoms with E-state index in [0.717, 1.165) is 0 Å². The van der Waals surface area contributed by atoms with Gasteiger partial charge in [-0.2, -0.15) is 11.8 Å². The Balaban J connectivity index is 2.89. The van der Waals surface area contributed by atoms with Crippen molar-refractivity contribution in [3.8, 4) is 0 Å². The van der Waals surface area contributed by atoms with Crippen LogP contribution in [-0.4, -0.2) is 25.6 Å².